The lowest BCUT2D eigenvalue weighted by atomic mass is 10.1. The van der Waals surface area contributed by atoms with Crippen LogP contribution < -0.4 is 4.74 Å². The Morgan fingerprint density at radius 1 is 0.900 bits per heavy atom. The standard InChI is InChI=1S/C20H14F3N3O3S/c1-30(27,28)17-7-3-4-13(11-17)15-8-9-18-24-25-19(26(18)12-15)14-5-2-6-16(10-14)29-20(21,22)23/h2-12H,1H3. The van der Waals surface area contributed by atoms with Crippen LogP contribution in [0.2, 0.25) is 0 Å². The molecule has 0 saturated carbocycles. The Hall–Kier alpha value is -3.40. The second kappa shape index (κ2) is 7.13. The molecule has 0 aliphatic rings. The molecule has 0 aliphatic carbocycles. The van der Waals surface area contributed by atoms with E-state index in [4.69, 9.17) is 0 Å². The molecular weight excluding hydrogens is 419 g/mol. The fourth-order valence-corrected chi connectivity index (χ4v) is 3.66. The summed E-state index contributed by atoms with van der Waals surface area (Å²) in [6.07, 6.45) is -1.98. The van der Waals surface area contributed by atoms with Crippen LogP contribution in [-0.4, -0.2) is 35.6 Å². The Balaban J connectivity index is 1.79. The van der Waals surface area contributed by atoms with Crippen molar-refractivity contribution in [2.45, 2.75) is 11.3 Å². The minimum absolute atomic E-state index is 0.182. The Morgan fingerprint density at radius 3 is 2.37 bits per heavy atom. The number of halogens is 3. The summed E-state index contributed by atoms with van der Waals surface area (Å²) in [6.45, 7) is 0. The van der Waals surface area contributed by atoms with Gasteiger partial charge in [-0.1, -0.05) is 24.3 Å². The summed E-state index contributed by atoms with van der Waals surface area (Å²) in [5, 5.41) is 8.12. The molecule has 4 rings (SSSR count). The third-order valence-corrected chi connectivity index (χ3v) is 5.43. The largest absolute Gasteiger partial charge is 0.573 e. The molecule has 0 amide bonds. The zero-order chi connectivity index (χ0) is 21.5. The van der Waals surface area contributed by atoms with E-state index >= 15 is 0 Å². The molecule has 154 valence electrons. The third-order valence-electron chi connectivity index (χ3n) is 4.32. The number of pyridine rings is 1. The molecule has 10 heteroatoms. The summed E-state index contributed by atoms with van der Waals surface area (Å²) in [6, 6.07) is 15.4. The topological polar surface area (TPSA) is 73.6 Å². The third kappa shape index (κ3) is 4.13. The van der Waals surface area contributed by atoms with E-state index in [2.05, 4.69) is 14.9 Å². The van der Waals surface area contributed by atoms with Crippen molar-refractivity contribution in [3.63, 3.8) is 0 Å². The summed E-state index contributed by atoms with van der Waals surface area (Å²) in [7, 11) is -3.37. The summed E-state index contributed by atoms with van der Waals surface area (Å²) in [5.41, 5.74) is 2.21. The minimum atomic E-state index is -4.80. The molecule has 0 fully saturated rings. The van der Waals surface area contributed by atoms with Crippen molar-refractivity contribution in [2.75, 3.05) is 6.26 Å². The number of hydrogen-bond donors (Lipinski definition) is 0. The van der Waals surface area contributed by atoms with Gasteiger partial charge in [0.25, 0.3) is 0 Å². The van der Waals surface area contributed by atoms with E-state index in [1.165, 1.54) is 24.3 Å². The molecule has 2 heterocycles. The Morgan fingerprint density at radius 2 is 1.63 bits per heavy atom. The summed E-state index contributed by atoms with van der Waals surface area (Å²) in [4.78, 5) is 0.182. The van der Waals surface area contributed by atoms with Gasteiger partial charge in [-0.15, -0.1) is 23.4 Å². The Bertz CT molecular complexity index is 1350. The molecule has 6 nitrogen and oxygen atoms in total. The summed E-state index contributed by atoms with van der Waals surface area (Å²) in [5.74, 6) is -0.0486. The van der Waals surface area contributed by atoms with Gasteiger partial charge in [0.15, 0.2) is 21.3 Å². The zero-order valence-corrected chi connectivity index (χ0v) is 16.3. The molecule has 0 radical (unpaired) electrons. The fraction of sp³-hybridized carbons (Fsp3) is 0.100. The van der Waals surface area contributed by atoms with Crippen molar-refractivity contribution in [1.82, 2.24) is 14.6 Å². The van der Waals surface area contributed by atoms with Gasteiger partial charge < -0.3 is 4.74 Å². The highest BCUT2D eigenvalue weighted by molar-refractivity contribution is 7.90. The smallest absolute Gasteiger partial charge is 0.406 e. The first-order valence-electron chi connectivity index (χ1n) is 8.62. The number of nitrogens with zero attached hydrogens (tertiary/aromatic N) is 3. The van der Waals surface area contributed by atoms with Crippen LogP contribution in [-0.2, 0) is 9.84 Å². The average Bonchev–Trinajstić information content (AvgIpc) is 3.09. The van der Waals surface area contributed by atoms with Gasteiger partial charge in [0.1, 0.15) is 5.75 Å². The molecule has 0 saturated heterocycles. The number of sulfone groups is 1. The van der Waals surface area contributed by atoms with E-state index in [0.717, 1.165) is 6.26 Å². The van der Waals surface area contributed by atoms with Crippen LogP contribution in [0.25, 0.3) is 28.2 Å². The van der Waals surface area contributed by atoms with Gasteiger partial charge in [-0.25, -0.2) is 8.42 Å². The maximum atomic E-state index is 12.5. The second-order valence-electron chi connectivity index (χ2n) is 6.55. The lowest BCUT2D eigenvalue weighted by Gasteiger charge is -2.10. The highest BCUT2D eigenvalue weighted by atomic mass is 32.2. The molecule has 0 unspecified atom stereocenters. The first-order valence-corrected chi connectivity index (χ1v) is 10.5. The number of benzene rings is 2. The van der Waals surface area contributed by atoms with Crippen molar-refractivity contribution in [2.24, 2.45) is 0 Å². The maximum absolute atomic E-state index is 12.5. The van der Waals surface area contributed by atoms with Crippen LogP contribution in [0, 0.1) is 0 Å². The predicted molar refractivity (Wildman–Crippen MR) is 104 cm³/mol. The van der Waals surface area contributed by atoms with Crippen molar-refractivity contribution < 1.29 is 26.3 Å². The monoisotopic (exact) mass is 433 g/mol. The molecule has 0 N–H and O–H groups in total. The van der Waals surface area contributed by atoms with Crippen LogP contribution >= 0.6 is 0 Å². The Labute approximate surface area is 169 Å². The second-order valence-corrected chi connectivity index (χ2v) is 8.56. The van der Waals surface area contributed by atoms with Gasteiger partial charge in [0.2, 0.25) is 0 Å². The summed E-state index contributed by atoms with van der Waals surface area (Å²) < 4.78 is 66.9. The lowest BCUT2D eigenvalue weighted by molar-refractivity contribution is -0.274. The number of rotatable bonds is 4. The lowest BCUT2D eigenvalue weighted by Crippen LogP contribution is -2.17. The average molecular weight is 433 g/mol. The molecule has 0 bridgehead atoms. The quantitative estimate of drug-likeness (QED) is 0.478. The van der Waals surface area contributed by atoms with Crippen LogP contribution in [0.4, 0.5) is 13.2 Å². The van der Waals surface area contributed by atoms with Gasteiger partial charge >= 0.3 is 6.36 Å². The predicted octanol–water partition coefficient (Wildman–Crippen LogP) is 4.37. The van der Waals surface area contributed by atoms with E-state index in [9.17, 15) is 21.6 Å². The fourth-order valence-electron chi connectivity index (χ4n) is 3.00. The molecule has 2 aromatic carbocycles. The number of hydrogen-bond acceptors (Lipinski definition) is 5. The van der Waals surface area contributed by atoms with E-state index in [1.807, 2.05) is 0 Å². The zero-order valence-electron chi connectivity index (χ0n) is 15.5. The number of fused-ring (bicyclic) bond motifs is 1. The van der Waals surface area contributed by atoms with Crippen molar-refractivity contribution in [1.29, 1.82) is 0 Å². The molecule has 0 aliphatic heterocycles. The van der Waals surface area contributed by atoms with Gasteiger partial charge in [-0.3, -0.25) is 4.40 Å². The van der Waals surface area contributed by atoms with E-state index < -0.39 is 16.2 Å². The van der Waals surface area contributed by atoms with Gasteiger partial charge in [0.05, 0.1) is 4.90 Å². The first-order chi connectivity index (χ1) is 14.1. The molecule has 0 atom stereocenters. The normalized spacial score (nSPS) is 12.3. The van der Waals surface area contributed by atoms with Crippen LogP contribution in [0.15, 0.2) is 71.8 Å². The minimum Gasteiger partial charge on any atom is -0.406 e. The van der Waals surface area contributed by atoms with E-state index in [-0.39, 0.29) is 10.6 Å². The SMILES string of the molecule is CS(=O)(=O)c1cccc(-c2ccc3nnc(-c4cccc(OC(F)(F)F)c4)n3c2)c1. The molecular formula is C20H14F3N3O3S. The Kier molecular flexibility index (Phi) is 4.73. The molecule has 30 heavy (non-hydrogen) atoms. The molecule has 4 aromatic rings. The number of alkyl halides is 3. The van der Waals surface area contributed by atoms with Crippen molar-refractivity contribution in [3.05, 3.63) is 66.9 Å². The van der Waals surface area contributed by atoms with Gasteiger partial charge in [-0.05, 0) is 47.5 Å². The first kappa shape index (κ1) is 19.9. The van der Waals surface area contributed by atoms with Crippen molar-refractivity contribution in [3.8, 4) is 28.3 Å². The maximum Gasteiger partial charge on any atom is 0.573 e. The molecule has 0 spiro atoms. The highest BCUT2D eigenvalue weighted by Crippen LogP contribution is 2.29. The van der Waals surface area contributed by atoms with Gasteiger partial charge in [-0.2, -0.15) is 0 Å². The van der Waals surface area contributed by atoms with Crippen LogP contribution in [0.1, 0.15) is 0 Å². The summed E-state index contributed by atoms with van der Waals surface area (Å²) >= 11 is 0. The van der Waals surface area contributed by atoms with E-state index in [0.29, 0.717) is 28.2 Å². The number of ether oxygens (including phenoxy) is 1. The highest BCUT2D eigenvalue weighted by Gasteiger charge is 2.31. The van der Waals surface area contributed by atoms with Crippen molar-refractivity contribution >= 4 is 15.5 Å². The van der Waals surface area contributed by atoms with Gasteiger partial charge in [0, 0.05) is 18.0 Å². The van der Waals surface area contributed by atoms with Crippen LogP contribution in [0.5, 0.6) is 5.75 Å². The van der Waals surface area contributed by atoms with E-state index in [1.54, 1.807) is 47.0 Å². The molecule has 2 aromatic heterocycles. The number of aromatic nitrogens is 3. The van der Waals surface area contributed by atoms with Crippen LogP contribution in [0.3, 0.4) is 0 Å².